The van der Waals surface area contributed by atoms with Crippen molar-refractivity contribution in [1.29, 1.82) is 0 Å². The molecule has 1 saturated heterocycles. The lowest BCUT2D eigenvalue weighted by molar-refractivity contribution is -0.188. The summed E-state index contributed by atoms with van der Waals surface area (Å²) < 4.78 is 17.1. The summed E-state index contributed by atoms with van der Waals surface area (Å²) in [6.07, 6.45) is 0.878. The summed E-state index contributed by atoms with van der Waals surface area (Å²) in [4.78, 5) is 27.2. The lowest BCUT2D eigenvalue weighted by atomic mass is 9.73. The number of rotatable bonds is 7. The second-order valence-corrected chi connectivity index (χ2v) is 8.73. The molecular weight excluding hydrogens is 422 g/mol. The highest BCUT2D eigenvalue weighted by molar-refractivity contribution is 6.02. The van der Waals surface area contributed by atoms with E-state index in [4.69, 9.17) is 25.7 Å². The topological polar surface area (TPSA) is 117 Å². The van der Waals surface area contributed by atoms with Gasteiger partial charge in [-0.1, -0.05) is 37.3 Å². The van der Waals surface area contributed by atoms with Crippen LogP contribution in [0.25, 0.3) is 0 Å². The summed E-state index contributed by atoms with van der Waals surface area (Å²) >= 11 is 0. The van der Waals surface area contributed by atoms with E-state index in [1.807, 2.05) is 36.4 Å². The van der Waals surface area contributed by atoms with E-state index in [1.54, 1.807) is 11.9 Å². The maximum atomic E-state index is 13.3. The van der Waals surface area contributed by atoms with Gasteiger partial charge in [0, 0.05) is 31.1 Å². The van der Waals surface area contributed by atoms with Gasteiger partial charge in [0.05, 0.1) is 30.2 Å². The van der Waals surface area contributed by atoms with E-state index in [2.05, 4.69) is 6.92 Å². The highest BCUT2D eigenvalue weighted by atomic mass is 16.7. The van der Waals surface area contributed by atoms with Crippen LogP contribution in [0.15, 0.2) is 42.5 Å². The van der Waals surface area contributed by atoms with E-state index >= 15 is 0 Å². The monoisotopic (exact) mass is 453 g/mol. The Morgan fingerprint density at radius 1 is 1.15 bits per heavy atom. The van der Waals surface area contributed by atoms with Crippen molar-refractivity contribution >= 4 is 11.8 Å². The minimum Gasteiger partial charge on any atom is -0.491 e. The molecule has 2 heterocycles. The van der Waals surface area contributed by atoms with Crippen LogP contribution in [0.1, 0.15) is 51.6 Å². The zero-order chi connectivity index (χ0) is 23.6. The number of fused-ring (bicyclic) bond motifs is 1. The quantitative estimate of drug-likeness (QED) is 0.663. The predicted octanol–water partition coefficient (Wildman–Crippen LogP) is 2.04. The van der Waals surface area contributed by atoms with E-state index in [0.717, 1.165) is 17.5 Å². The molecule has 2 aliphatic rings. The molecule has 8 nitrogen and oxygen atoms in total. The average molecular weight is 454 g/mol. The third kappa shape index (κ3) is 4.46. The molecule has 8 heteroatoms. The molecule has 4 rings (SSSR count). The van der Waals surface area contributed by atoms with Gasteiger partial charge in [-0.25, -0.2) is 0 Å². The van der Waals surface area contributed by atoms with Crippen LogP contribution in [0.4, 0.5) is 0 Å². The number of hydrogen-bond donors (Lipinski definition) is 2. The molecule has 0 aromatic heterocycles. The first-order valence-electron chi connectivity index (χ1n) is 11.3. The Balaban J connectivity index is 1.62. The number of ether oxygens (including phenoxy) is 3. The van der Waals surface area contributed by atoms with Crippen LogP contribution in [0.2, 0.25) is 0 Å². The molecule has 4 N–H and O–H groups in total. The zero-order valence-electron chi connectivity index (χ0n) is 19.1. The molecule has 2 aromatic rings. The van der Waals surface area contributed by atoms with Crippen molar-refractivity contribution in [1.82, 2.24) is 4.90 Å². The first-order chi connectivity index (χ1) is 15.9. The number of carbonyl (C=O) groups is 2. The number of carbonyl (C=O) groups excluding carboxylic acids is 2. The summed E-state index contributed by atoms with van der Waals surface area (Å²) in [5, 5.41) is 0. The number of benzene rings is 2. The van der Waals surface area contributed by atoms with E-state index in [1.165, 1.54) is 6.07 Å². The molecule has 0 spiro atoms. The molecule has 0 aliphatic carbocycles. The third-order valence-electron chi connectivity index (χ3n) is 6.55. The second kappa shape index (κ2) is 9.51. The normalized spacial score (nSPS) is 24.1. The smallest absolute Gasteiger partial charge is 0.253 e. The number of amides is 2. The van der Waals surface area contributed by atoms with Crippen molar-refractivity contribution in [2.75, 3.05) is 33.4 Å². The highest BCUT2D eigenvalue weighted by Crippen LogP contribution is 2.47. The van der Waals surface area contributed by atoms with Crippen LogP contribution in [-0.2, 0) is 14.9 Å². The highest BCUT2D eigenvalue weighted by Gasteiger charge is 2.43. The summed E-state index contributed by atoms with van der Waals surface area (Å²) in [6, 6.07) is 13.3. The van der Waals surface area contributed by atoms with Crippen molar-refractivity contribution in [3.63, 3.8) is 0 Å². The molecule has 33 heavy (non-hydrogen) atoms. The average Bonchev–Trinajstić information content (AvgIpc) is 3.22. The fourth-order valence-electron chi connectivity index (χ4n) is 4.56. The maximum absolute atomic E-state index is 13.3. The third-order valence-corrected chi connectivity index (χ3v) is 6.55. The van der Waals surface area contributed by atoms with Gasteiger partial charge in [-0.3, -0.25) is 9.59 Å². The molecule has 176 valence electrons. The Labute approximate surface area is 193 Å². The summed E-state index contributed by atoms with van der Waals surface area (Å²) in [5.41, 5.74) is 13.5. The number of hydrogen-bond acceptors (Lipinski definition) is 6. The number of primary amides is 1. The SMILES string of the molecule is CC[C@@]1(c2ccccc2)COc2c(C(N)=O)cc(C(=O)N(C)CCC3OCC(N)CO3)cc21. The molecule has 0 radical (unpaired) electrons. The first kappa shape index (κ1) is 23.2. The van der Waals surface area contributed by atoms with E-state index in [0.29, 0.717) is 44.1 Å². The lowest BCUT2D eigenvalue weighted by Crippen LogP contribution is -2.42. The lowest BCUT2D eigenvalue weighted by Gasteiger charge is -2.29. The Bertz CT molecular complexity index is 1020. The van der Waals surface area contributed by atoms with Gasteiger partial charge in [0.1, 0.15) is 12.4 Å². The summed E-state index contributed by atoms with van der Waals surface area (Å²) in [6.45, 7) is 3.76. The minimum absolute atomic E-state index is 0.120. The van der Waals surface area contributed by atoms with Crippen LogP contribution < -0.4 is 16.2 Å². The van der Waals surface area contributed by atoms with Gasteiger partial charge < -0.3 is 30.6 Å². The van der Waals surface area contributed by atoms with Gasteiger partial charge in [-0.15, -0.1) is 0 Å². The molecule has 1 atom stereocenters. The fourth-order valence-corrected chi connectivity index (χ4v) is 4.56. The molecule has 2 amide bonds. The van der Waals surface area contributed by atoms with Gasteiger partial charge in [-0.05, 0) is 24.1 Å². The number of nitrogens with zero attached hydrogens (tertiary/aromatic N) is 1. The van der Waals surface area contributed by atoms with Crippen molar-refractivity contribution in [2.45, 2.75) is 37.5 Å². The van der Waals surface area contributed by atoms with Gasteiger partial charge in [-0.2, -0.15) is 0 Å². The summed E-state index contributed by atoms with van der Waals surface area (Å²) in [5.74, 6) is -0.366. The van der Waals surface area contributed by atoms with Gasteiger partial charge >= 0.3 is 0 Å². The zero-order valence-corrected chi connectivity index (χ0v) is 19.1. The largest absolute Gasteiger partial charge is 0.491 e. The molecule has 2 aliphatic heterocycles. The van der Waals surface area contributed by atoms with E-state index in [9.17, 15) is 9.59 Å². The Morgan fingerprint density at radius 2 is 1.85 bits per heavy atom. The van der Waals surface area contributed by atoms with Crippen molar-refractivity contribution in [3.8, 4) is 5.75 Å². The predicted molar refractivity (Wildman–Crippen MR) is 123 cm³/mol. The Morgan fingerprint density at radius 3 is 2.48 bits per heavy atom. The molecule has 0 saturated carbocycles. The standard InChI is InChI=1S/C25H31N3O5/c1-3-25(17-7-5-4-6-8-17)15-33-22-19(23(27)29)11-16(12-20(22)25)24(30)28(2)10-9-21-31-13-18(26)14-32-21/h4-8,11-12,18,21H,3,9-10,13-15,26H2,1-2H3,(H2,27,29)/t18?,21?,25-/m0/s1. The molecule has 0 bridgehead atoms. The van der Waals surface area contributed by atoms with Gasteiger partial charge in [0.25, 0.3) is 11.8 Å². The molecular formula is C25H31N3O5. The van der Waals surface area contributed by atoms with Crippen molar-refractivity contribution in [2.24, 2.45) is 11.5 Å². The molecule has 0 unspecified atom stereocenters. The minimum atomic E-state index is -0.621. The summed E-state index contributed by atoms with van der Waals surface area (Å²) in [7, 11) is 1.72. The molecule has 2 aromatic carbocycles. The van der Waals surface area contributed by atoms with Crippen LogP contribution >= 0.6 is 0 Å². The van der Waals surface area contributed by atoms with Crippen molar-refractivity contribution < 1.29 is 23.8 Å². The van der Waals surface area contributed by atoms with Crippen LogP contribution in [0.3, 0.4) is 0 Å². The van der Waals surface area contributed by atoms with Gasteiger partial charge in [0.15, 0.2) is 6.29 Å². The van der Waals surface area contributed by atoms with E-state index in [-0.39, 0.29) is 23.8 Å². The Kier molecular flexibility index (Phi) is 6.69. The van der Waals surface area contributed by atoms with Crippen LogP contribution in [-0.4, -0.2) is 62.5 Å². The van der Waals surface area contributed by atoms with E-state index < -0.39 is 11.3 Å². The fraction of sp³-hybridized carbons (Fsp3) is 0.440. The first-order valence-corrected chi connectivity index (χ1v) is 11.3. The Hall–Kier alpha value is -2.94. The van der Waals surface area contributed by atoms with Gasteiger partial charge in [0.2, 0.25) is 0 Å². The van der Waals surface area contributed by atoms with Crippen molar-refractivity contribution in [3.05, 3.63) is 64.7 Å². The maximum Gasteiger partial charge on any atom is 0.253 e. The van der Waals surface area contributed by atoms with Crippen LogP contribution in [0.5, 0.6) is 5.75 Å². The second-order valence-electron chi connectivity index (χ2n) is 8.73. The molecule has 1 fully saturated rings. The number of nitrogens with two attached hydrogens (primary N) is 2. The van der Waals surface area contributed by atoms with Crippen LogP contribution in [0, 0.1) is 0 Å².